The fourth-order valence-electron chi connectivity index (χ4n) is 3.93. The molecule has 4 nitrogen and oxygen atoms in total. The van der Waals surface area contributed by atoms with Crippen LogP contribution in [0.1, 0.15) is 44.9 Å². The van der Waals surface area contributed by atoms with Crippen molar-refractivity contribution in [2.75, 3.05) is 13.1 Å². The number of rotatable bonds is 2. The molecule has 2 heterocycles. The van der Waals surface area contributed by atoms with E-state index in [9.17, 15) is 9.90 Å². The Morgan fingerprint density at radius 1 is 1.00 bits per heavy atom. The third-order valence-electron chi connectivity index (χ3n) is 4.84. The van der Waals surface area contributed by atoms with Gasteiger partial charge < -0.3 is 9.84 Å². The van der Waals surface area contributed by atoms with Gasteiger partial charge in [-0.05, 0) is 25.7 Å². The van der Waals surface area contributed by atoms with Gasteiger partial charge in [-0.1, -0.05) is 19.3 Å². The minimum atomic E-state index is -0.597. The molecule has 4 heteroatoms. The molecule has 2 saturated heterocycles. The molecule has 1 N–H and O–H groups in total. The monoisotopic (exact) mass is 253 g/mol. The normalized spacial score (nSPS) is 41.6. The largest absolute Gasteiger partial charge is 0.481 e. The number of fused-ring (bicyclic) bond motifs is 2. The molecule has 0 radical (unpaired) electrons. The number of hydrogen-bond acceptors (Lipinski definition) is 3. The lowest BCUT2D eigenvalue weighted by Crippen LogP contribution is -2.51. The van der Waals surface area contributed by atoms with Crippen molar-refractivity contribution in [3.63, 3.8) is 0 Å². The second kappa shape index (κ2) is 5.17. The standard InChI is InChI=1S/C14H23NO3/c16-14(17)12-4-2-1-3-5-13(12)15-8-10-6-7-11(9-15)18-10/h10-13H,1-9H2,(H,16,17). The minimum Gasteiger partial charge on any atom is -0.481 e. The van der Waals surface area contributed by atoms with E-state index < -0.39 is 5.97 Å². The van der Waals surface area contributed by atoms with Gasteiger partial charge in [0, 0.05) is 19.1 Å². The average Bonchev–Trinajstić information content (AvgIpc) is 2.58. The fourth-order valence-corrected chi connectivity index (χ4v) is 3.93. The summed E-state index contributed by atoms with van der Waals surface area (Å²) in [6.45, 7) is 1.90. The number of carboxylic acid groups (broad SMARTS) is 1. The summed E-state index contributed by atoms with van der Waals surface area (Å²) in [6, 6.07) is 0.247. The number of hydrogen-bond donors (Lipinski definition) is 1. The van der Waals surface area contributed by atoms with Crippen LogP contribution in [-0.2, 0) is 9.53 Å². The van der Waals surface area contributed by atoms with Crippen molar-refractivity contribution in [1.29, 1.82) is 0 Å². The summed E-state index contributed by atoms with van der Waals surface area (Å²) in [6.07, 6.45) is 8.40. The van der Waals surface area contributed by atoms with E-state index in [1.54, 1.807) is 0 Å². The molecule has 1 saturated carbocycles. The van der Waals surface area contributed by atoms with Crippen LogP contribution in [0.3, 0.4) is 0 Å². The highest BCUT2D eigenvalue weighted by molar-refractivity contribution is 5.71. The molecule has 2 bridgehead atoms. The van der Waals surface area contributed by atoms with Crippen molar-refractivity contribution in [1.82, 2.24) is 4.90 Å². The van der Waals surface area contributed by atoms with Crippen LogP contribution in [-0.4, -0.2) is 47.3 Å². The smallest absolute Gasteiger partial charge is 0.308 e. The van der Waals surface area contributed by atoms with E-state index in [2.05, 4.69) is 4.90 Å². The Morgan fingerprint density at radius 3 is 2.33 bits per heavy atom. The van der Waals surface area contributed by atoms with E-state index in [0.29, 0.717) is 12.2 Å². The Hall–Kier alpha value is -0.610. The number of carbonyl (C=O) groups is 1. The first kappa shape index (κ1) is 12.4. The molecular formula is C14H23NO3. The second-order valence-corrected chi connectivity index (χ2v) is 6.06. The highest BCUT2D eigenvalue weighted by Crippen LogP contribution is 2.33. The highest BCUT2D eigenvalue weighted by atomic mass is 16.5. The van der Waals surface area contributed by atoms with Gasteiger partial charge in [0.1, 0.15) is 0 Å². The predicted molar refractivity (Wildman–Crippen MR) is 67.5 cm³/mol. The SMILES string of the molecule is O=C(O)C1CCCCCC1N1CC2CCC(C1)O2. The van der Waals surface area contributed by atoms with Crippen molar-refractivity contribution < 1.29 is 14.6 Å². The van der Waals surface area contributed by atoms with E-state index in [-0.39, 0.29) is 12.0 Å². The Balaban J connectivity index is 1.73. The summed E-state index contributed by atoms with van der Waals surface area (Å²) in [5, 5.41) is 9.45. The molecule has 0 aromatic heterocycles. The van der Waals surface area contributed by atoms with E-state index in [4.69, 9.17) is 4.74 Å². The van der Waals surface area contributed by atoms with E-state index in [0.717, 1.165) is 45.2 Å². The van der Waals surface area contributed by atoms with Gasteiger partial charge in [-0.25, -0.2) is 0 Å². The first-order valence-electron chi connectivity index (χ1n) is 7.36. The number of nitrogens with zero attached hydrogens (tertiary/aromatic N) is 1. The van der Waals surface area contributed by atoms with Crippen LogP contribution in [0, 0.1) is 5.92 Å². The predicted octanol–water partition coefficient (Wildman–Crippen LogP) is 1.88. The molecule has 0 aromatic carbocycles. The summed E-state index contributed by atoms with van der Waals surface area (Å²) in [5.74, 6) is -0.759. The Kier molecular flexibility index (Phi) is 3.57. The Bertz CT molecular complexity index is 308. The van der Waals surface area contributed by atoms with Crippen LogP contribution in [0.4, 0.5) is 0 Å². The molecule has 0 spiro atoms. The number of likely N-dealkylation sites (tertiary alicyclic amines) is 1. The van der Waals surface area contributed by atoms with Crippen molar-refractivity contribution >= 4 is 5.97 Å². The second-order valence-electron chi connectivity index (χ2n) is 6.06. The zero-order chi connectivity index (χ0) is 12.5. The minimum absolute atomic E-state index is 0.162. The Morgan fingerprint density at radius 2 is 1.67 bits per heavy atom. The molecule has 3 fully saturated rings. The van der Waals surface area contributed by atoms with Crippen LogP contribution in [0.2, 0.25) is 0 Å². The van der Waals surface area contributed by atoms with E-state index in [1.165, 1.54) is 12.8 Å². The summed E-state index contributed by atoms with van der Waals surface area (Å²) in [5.41, 5.74) is 0. The van der Waals surface area contributed by atoms with Gasteiger partial charge in [-0.3, -0.25) is 9.69 Å². The van der Waals surface area contributed by atoms with Gasteiger partial charge >= 0.3 is 5.97 Å². The summed E-state index contributed by atoms with van der Waals surface area (Å²) >= 11 is 0. The Labute approximate surface area is 108 Å². The zero-order valence-corrected chi connectivity index (χ0v) is 10.9. The molecule has 102 valence electrons. The maximum Gasteiger partial charge on any atom is 0.308 e. The lowest BCUT2D eigenvalue weighted by atomic mass is 9.93. The average molecular weight is 253 g/mol. The van der Waals surface area contributed by atoms with Crippen LogP contribution < -0.4 is 0 Å². The molecule has 4 atom stereocenters. The molecule has 3 aliphatic rings. The van der Waals surface area contributed by atoms with Gasteiger partial charge in [0.05, 0.1) is 18.1 Å². The van der Waals surface area contributed by atoms with Crippen LogP contribution in [0.25, 0.3) is 0 Å². The van der Waals surface area contributed by atoms with Crippen molar-refractivity contribution in [2.45, 2.75) is 63.2 Å². The van der Waals surface area contributed by atoms with E-state index in [1.807, 2.05) is 0 Å². The van der Waals surface area contributed by atoms with Gasteiger partial charge in [0.25, 0.3) is 0 Å². The molecule has 0 aromatic rings. The van der Waals surface area contributed by atoms with Gasteiger partial charge in [0.15, 0.2) is 0 Å². The van der Waals surface area contributed by atoms with Gasteiger partial charge in [-0.2, -0.15) is 0 Å². The van der Waals surface area contributed by atoms with Crippen molar-refractivity contribution in [3.05, 3.63) is 0 Å². The topological polar surface area (TPSA) is 49.8 Å². The molecular weight excluding hydrogens is 230 g/mol. The maximum atomic E-state index is 11.5. The summed E-state index contributed by atoms with van der Waals surface area (Å²) in [4.78, 5) is 13.9. The number of carboxylic acids is 1. The number of morpholine rings is 1. The zero-order valence-electron chi connectivity index (χ0n) is 10.9. The molecule has 0 amide bonds. The third-order valence-corrected chi connectivity index (χ3v) is 4.84. The number of aliphatic carboxylic acids is 1. The highest BCUT2D eigenvalue weighted by Gasteiger charge is 2.40. The third kappa shape index (κ3) is 2.41. The molecule has 1 aliphatic carbocycles. The van der Waals surface area contributed by atoms with Crippen molar-refractivity contribution in [2.24, 2.45) is 5.92 Å². The van der Waals surface area contributed by atoms with Crippen molar-refractivity contribution in [3.8, 4) is 0 Å². The first-order chi connectivity index (χ1) is 8.74. The lowest BCUT2D eigenvalue weighted by molar-refractivity contribution is -0.146. The lowest BCUT2D eigenvalue weighted by Gasteiger charge is -2.39. The quantitative estimate of drug-likeness (QED) is 0.763. The number of ether oxygens (including phenoxy) is 1. The maximum absolute atomic E-state index is 11.5. The first-order valence-corrected chi connectivity index (χ1v) is 7.36. The molecule has 3 rings (SSSR count). The van der Waals surface area contributed by atoms with Crippen LogP contribution in [0.15, 0.2) is 0 Å². The molecule has 18 heavy (non-hydrogen) atoms. The van der Waals surface area contributed by atoms with E-state index >= 15 is 0 Å². The van der Waals surface area contributed by atoms with Gasteiger partial charge in [-0.15, -0.1) is 0 Å². The van der Waals surface area contributed by atoms with Gasteiger partial charge in [0.2, 0.25) is 0 Å². The molecule has 2 aliphatic heterocycles. The fraction of sp³-hybridized carbons (Fsp3) is 0.929. The van der Waals surface area contributed by atoms with Crippen LogP contribution in [0.5, 0.6) is 0 Å². The summed E-state index contributed by atoms with van der Waals surface area (Å²) < 4.78 is 5.86. The summed E-state index contributed by atoms with van der Waals surface area (Å²) in [7, 11) is 0. The van der Waals surface area contributed by atoms with Crippen LogP contribution >= 0.6 is 0 Å². The molecule has 4 unspecified atom stereocenters.